The van der Waals surface area contributed by atoms with E-state index in [-0.39, 0.29) is 23.0 Å². The minimum Gasteiger partial charge on any atom is -0.497 e. The summed E-state index contributed by atoms with van der Waals surface area (Å²) in [6, 6.07) is 16.9. The molecule has 11 heteroatoms. The van der Waals surface area contributed by atoms with Crippen LogP contribution in [0.2, 0.25) is 0 Å². The molecule has 3 aromatic rings. The number of sulfonamides is 1. The van der Waals surface area contributed by atoms with Crippen LogP contribution >= 0.6 is 15.9 Å². The van der Waals surface area contributed by atoms with Crippen LogP contribution < -0.4 is 14.4 Å². The van der Waals surface area contributed by atoms with Crippen molar-refractivity contribution in [3.05, 3.63) is 88.6 Å². The fraction of sp³-hybridized carbons (Fsp3) is 0.310. The van der Waals surface area contributed by atoms with Gasteiger partial charge in [-0.25, -0.2) is 12.8 Å². The Hall–Kier alpha value is -3.44. The maximum Gasteiger partial charge on any atom is 0.264 e. The number of benzene rings is 3. The number of halogens is 2. The molecule has 8 nitrogen and oxygen atoms in total. The predicted octanol–water partition coefficient (Wildman–Crippen LogP) is 5.12. The van der Waals surface area contributed by atoms with Gasteiger partial charge in [-0.3, -0.25) is 13.9 Å². The lowest BCUT2D eigenvalue weighted by Gasteiger charge is -2.33. The quantitative estimate of drug-likeness (QED) is 0.334. The van der Waals surface area contributed by atoms with Crippen LogP contribution in [0.4, 0.5) is 10.1 Å². The number of rotatable bonds is 10. The highest BCUT2D eigenvalue weighted by Gasteiger charge is 2.33. The van der Waals surface area contributed by atoms with Crippen LogP contribution in [0.25, 0.3) is 0 Å². The summed E-state index contributed by atoms with van der Waals surface area (Å²) < 4.78 is 48.2. The Labute approximate surface area is 243 Å². The number of hydrogen-bond acceptors (Lipinski definition) is 5. The fourth-order valence-corrected chi connectivity index (χ4v) is 5.76. The van der Waals surface area contributed by atoms with E-state index in [0.29, 0.717) is 5.75 Å². The largest absolute Gasteiger partial charge is 0.497 e. The first-order valence-electron chi connectivity index (χ1n) is 12.5. The molecule has 0 heterocycles. The van der Waals surface area contributed by atoms with Crippen LogP contribution in [-0.4, -0.2) is 50.4 Å². The molecule has 0 aliphatic rings. The second kappa shape index (κ2) is 12.8. The van der Waals surface area contributed by atoms with Crippen molar-refractivity contribution >= 4 is 43.5 Å². The monoisotopic (exact) mass is 633 g/mol. The van der Waals surface area contributed by atoms with Gasteiger partial charge in [0.05, 0.1) is 17.7 Å². The highest BCUT2D eigenvalue weighted by atomic mass is 79.9. The molecule has 0 aliphatic carbocycles. The number of anilines is 1. The van der Waals surface area contributed by atoms with Crippen molar-refractivity contribution in [2.75, 3.05) is 18.0 Å². The molecule has 0 saturated carbocycles. The number of nitrogens with zero attached hydrogens (tertiary/aromatic N) is 2. The number of methoxy groups -OCH3 is 1. The van der Waals surface area contributed by atoms with Gasteiger partial charge >= 0.3 is 0 Å². The van der Waals surface area contributed by atoms with Crippen LogP contribution in [0.1, 0.15) is 33.3 Å². The van der Waals surface area contributed by atoms with Crippen molar-refractivity contribution in [1.82, 2.24) is 10.2 Å². The molecule has 0 radical (unpaired) electrons. The Balaban J connectivity index is 2.03. The first kappa shape index (κ1) is 31.1. The van der Waals surface area contributed by atoms with Gasteiger partial charge in [-0.15, -0.1) is 0 Å². The number of nitrogens with one attached hydrogen (secondary N) is 1. The van der Waals surface area contributed by atoms with E-state index in [4.69, 9.17) is 4.74 Å². The molecular weight excluding hydrogens is 601 g/mol. The number of carbonyl (C=O) groups excluding carboxylic acids is 2. The summed E-state index contributed by atoms with van der Waals surface area (Å²) in [4.78, 5) is 28.3. The van der Waals surface area contributed by atoms with Gasteiger partial charge in [-0.05, 0) is 93.9 Å². The van der Waals surface area contributed by atoms with Gasteiger partial charge in [0.2, 0.25) is 11.8 Å². The smallest absolute Gasteiger partial charge is 0.264 e. The van der Waals surface area contributed by atoms with Gasteiger partial charge in [0.1, 0.15) is 24.2 Å². The Bertz CT molecular complexity index is 1440. The lowest BCUT2D eigenvalue weighted by atomic mass is 10.1. The summed E-state index contributed by atoms with van der Waals surface area (Å²) >= 11 is 3.42. The number of ether oxygens (including phenoxy) is 1. The minimum absolute atomic E-state index is 0.0524. The van der Waals surface area contributed by atoms with E-state index in [1.54, 1.807) is 13.0 Å². The highest BCUT2D eigenvalue weighted by Crippen LogP contribution is 2.26. The van der Waals surface area contributed by atoms with Crippen molar-refractivity contribution < 1.29 is 27.1 Å². The first-order valence-corrected chi connectivity index (χ1v) is 14.7. The maximum absolute atomic E-state index is 13.9. The van der Waals surface area contributed by atoms with Gasteiger partial charge in [-0.1, -0.05) is 28.1 Å². The molecule has 40 heavy (non-hydrogen) atoms. The Morgan fingerprint density at radius 3 is 2.20 bits per heavy atom. The predicted molar refractivity (Wildman–Crippen MR) is 156 cm³/mol. The first-order chi connectivity index (χ1) is 18.7. The highest BCUT2D eigenvalue weighted by molar-refractivity contribution is 9.10. The zero-order valence-electron chi connectivity index (χ0n) is 23.0. The third-order valence-electron chi connectivity index (χ3n) is 5.95. The number of carbonyl (C=O) groups is 2. The Morgan fingerprint density at radius 2 is 1.65 bits per heavy atom. The molecule has 1 N–H and O–H groups in total. The molecule has 1 unspecified atom stereocenters. The van der Waals surface area contributed by atoms with Crippen molar-refractivity contribution in [2.45, 2.75) is 50.7 Å². The van der Waals surface area contributed by atoms with E-state index in [1.165, 1.54) is 48.4 Å². The average molecular weight is 635 g/mol. The topological polar surface area (TPSA) is 96.0 Å². The summed E-state index contributed by atoms with van der Waals surface area (Å²) in [5, 5.41) is 2.88. The molecule has 0 saturated heterocycles. The molecule has 0 aliphatic heterocycles. The van der Waals surface area contributed by atoms with Gasteiger partial charge in [0, 0.05) is 16.6 Å². The van der Waals surface area contributed by atoms with Crippen LogP contribution in [0.3, 0.4) is 0 Å². The maximum atomic E-state index is 13.9. The molecule has 3 aromatic carbocycles. The van der Waals surface area contributed by atoms with Gasteiger partial charge in [0.25, 0.3) is 10.0 Å². The molecular formula is C29H33BrFN3O5S. The van der Waals surface area contributed by atoms with Crippen molar-refractivity contribution in [1.29, 1.82) is 0 Å². The fourth-order valence-electron chi connectivity index (χ4n) is 3.90. The number of amides is 2. The van der Waals surface area contributed by atoms with Gasteiger partial charge < -0.3 is 15.0 Å². The van der Waals surface area contributed by atoms with Crippen molar-refractivity contribution in [2.24, 2.45) is 0 Å². The Kier molecular flexibility index (Phi) is 9.96. The molecule has 1 atom stereocenters. The van der Waals surface area contributed by atoms with Crippen LogP contribution in [0.5, 0.6) is 5.75 Å². The van der Waals surface area contributed by atoms with Gasteiger partial charge in [0.15, 0.2) is 0 Å². The zero-order chi connectivity index (χ0) is 29.7. The molecule has 0 bridgehead atoms. The second-order valence-electron chi connectivity index (χ2n) is 10.2. The summed E-state index contributed by atoms with van der Waals surface area (Å²) in [5.41, 5.74) is 0.289. The number of hydrogen-bond donors (Lipinski definition) is 1. The average Bonchev–Trinajstić information content (AvgIpc) is 2.89. The van der Waals surface area contributed by atoms with E-state index < -0.39 is 39.9 Å². The van der Waals surface area contributed by atoms with E-state index in [2.05, 4.69) is 21.2 Å². The molecule has 2 amide bonds. The zero-order valence-corrected chi connectivity index (χ0v) is 25.4. The van der Waals surface area contributed by atoms with Crippen molar-refractivity contribution in [3.8, 4) is 5.75 Å². The molecule has 0 aromatic heterocycles. The van der Waals surface area contributed by atoms with E-state index in [9.17, 15) is 22.4 Å². The van der Waals surface area contributed by atoms with Crippen LogP contribution in [0, 0.1) is 5.82 Å². The standard InChI is InChI=1S/C29H33BrFN3O5S/c1-20(28(36)32-29(2,3)4)33(18-21-7-6-8-22(30)17-21)27(35)19-34(24-11-9-23(31)10-12-24)40(37,38)26-15-13-25(39-5)14-16-26/h6-17,20H,18-19H2,1-5H3,(H,32,36). The van der Waals surface area contributed by atoms with E-state index in [0.717, 1.165) is 26.5 Å². The Morgan fingerprint density at radius 1 is 1.02 bits per heavy atom. The molecule has 0 fully saturated rings. The lowest BCUT2D eigenvalue weighted by molar-refractivity contribution is -0.140. The third-order valence-corrected chi connectivity index (χ3v) is 8.23. The summed E-state index contributed by atoms with van der Waals surface area (Å²) in [6.45, 7) is 6.51. The van der Waals surface area contributed by atoms with E-state index in [1.807, 2.05) is 39.0 Å². The van der Waals surface area contributed by atoms with Crippen molar-refractivity contribution in [3.63, 3.8) is 0 Å². The molecule has 0 spiro atoms. The molecule has 214 valence electrons. The molecule has 3 rings (SSSR count). The third kappa shape index (κ3) is 8.04. The normalized spacial score (nSPS) is 12.4. The van der Waals surface area contributed by atoms with Gasteiger partial charge in [-0.2, -0.15) is 0 Å². The summed E-state index contributed by atoms with van der Waals surface area (Å²) in [6.07, 6.45) is 0. The summed E-state index contributed by atoms with van der Waals surface area (Å²) in [7, 11) is -2.81. The van der Waals surface area contributed by atoms with Crippen LogP contribution in [0.15, 0.2) is 82.2 Å². The SMILES string of the molecule is COc1ccc(S(=O)(=O)N(CC(=O)N(Cc2cccc(Br)c2)C(C)C(=O)NC(C)(C)C)c2ccc(F)cc2)cc1. The summed E-state index contributed by atoms with van der Waals surface area (Å²) in [5.74, 6) is -1.09. The minimum atomic E-state index is -4.28. The lowest BCUT2D eigenvalue weighted by Crippen LogP contribution is -2.54. The van der Waals surface area contributed by atoms with E-state index >= 15 is 0 Å². The van der Waals surface area contributed by atoms with Crippen LogP contribution in [-0.2, 0) is 26.2 Å². The second-order valence-corrected chi connectivity index (χ2v) is 13.0.